The summed E-state index contributed by atoms with van der Waals surface area (Å²) in [4.78, 5) is 14.2. The minimum Gasteiger partial charge on any atom is -0.507 e. The predicted molar refractivity (Wildman–Crippen MR) is 40.9 cm³/mol. The first-order valence-corrected chi connectivity index (χ1v) is 3.31. The van der Waals surface area contributed by atoms with E-state index in [0.717, 1.165) is 0 Å². The van der Waals surface area contributed by atoms with E-state index in [1.165, 1.54) is 6.07 Å². The lowest BCUT2D eigenvalue weighted by molar-refractivity contribution is -0.182. The van der Waals surface area contributed by atoms with Crippen LogP contribution in [-0.2, 0) is 4.89 Å². The fourth-order valence-corrected chi connectivity index (χ4v) is 0.873. The Morgan fingerprint density at radius 2 is 2.17 bits per heavy atom. The van der Waals surface area contributed by atoms with Gasteiger partial charge in [-0.2, -0.15) is 5.26 Å². The topological polar surface area (TPSA) is 66.8 Å². The van der Waals surface area contributed by atoms with E-state index >= 15 is 0 Å². The average Bonchev–Trinajstić information content (AvgIpc) is 2.08. The second-order valence-corrected chi connectivity index (χ2v) is 2.35. The molecule has 4 nitrogen and oxygen atoms in total. The number of carbonyl (C=O) groups excluding carboxylic acids is 1. The molecule has 64 valence electrons. The number of phenolic OH excluding ortho intramolecular Hbond substituents is 1. The molecular weight excluding hydrogens is 160 g/mol. The van der Waals surface area contributed by atoms with E-state index in [0.29, 0.717) is 5.56 Å². The zero-order chi connectivity index (χ0) is 9.14. The maximum absolute atomic E-state index is 10.8. The molecule has 0 bridgehead atoms. The van der Waals surface area contributed by atoms with Gasteiger partial charge in [0, 0.05) is 0 Å². The van der Waals surface area contributed by atoms with Crippen molar-refractivity contribution in [3.63, 3.8) is 0 Å². The van der Waals surface area contributed by atoms with Crippen LogP contribution in [0.25, 0.3) is 0 Å². The molecule has 1 aromatic rings. The lowest BCUT2D eigenvalue weighted by Gasteiger charge is -2.02. The van der Waals surface area contributed by atoms with Crippen molar-refractivity contribution in [1.82, 2.24) is 0 Å². The number of rotatable bonds is 1. The smallest absolute Gasteiger partial charge is 0.376 e. The molecule has 0 saturated heterocycles. The van der Waals surface area contributed by atoms with Crippen molar-refractivity contribution < 1.29 is 20.0 Å². The maximum atomic E-state index is 10.8. The van der Waals surface area contributed by atoms with Crippen LogP contribution in [0.5, 0.6) is 5.75 Å². The molecule has 2 N–H and O–H groups in total. The number of benzene rings is 1. The highest BCUT2D eigenvalue weighted by Gasteiger charge is 2.13. The van der Waals surface area contributed by atoms with Gasteiger partial charge in [0.25, 0.3) is 0 Å². The summed E-state index contributed by atoms with van der Waals surface area (Å²) in [5.74, 6) is -1.13. The van der Waals surface area contributed by atoms with Gasteiger partial charge >= 0.3 is 5.97 Å². The number of aromatic hydroxyl groups is 1. The summed E-state index contributed by atoms with van der Waals surface area (Å²) in [6, 6.07) is 4.59. The first-order valence-electron chi connectivity index (χ1n) is 3.31. The Morgan fingerprint density at radius 1 is 1.50 bits per heavy atom. The van der Waals surface area contributed by atoms with E-state index < -0.39 is 5.97 Å². The number of aryl methyl sites for hydroxylation is 1. The van der Waals surface area contributed by atoms with E-state index in [4.69, 9.17) is 5.26 Å². The summed E-state index contributed by atoms with van der Waals surface area (Å²) in [6.07, 6.45) is 0. The molecule has 0 radical (unpaired) electrons. The van der Waals surface area contributed by atoms with Gasteiger partial charge in [-0.25, -0.2) is 4.79 Å². The van der Waals surface area contributed by atoms with E-state index in [-0.39, 0.29) is 11.3 Å². The molecule has 0 spiro atoms. The van der Waals surface area contributed by atoms with Gasteiger partial charge in [0.05, 0.1) is 0 Å². The van der Waals surface area contributed by atoms with Crippen LogP contribution >= 0.6 is 0 Å². The van der Waals surface area contributed by atoms with Gasteiger partial charge in [-0.3, -0.25) is 4.89 Å². The third-order valence-corrected chi connectivity index (χ3v) is 1.54. The molecule has 1 aromatic carbocycles. The average molecular weight is 168 g/mol. The van der Waals surface area contributed by atoms with Gasteiger partial charge < -0.3 is 5.11 Å². The van der Waals surface area contributed by atoms with E-state index in [9.17, 15) is 9.90 Å². The van der Waals surface area contributed by atoms with Crippen LogP contribution in [0.2, 0.25) is 0 Å². The molecule has 0 saturated carbocycles. The highest BCUT2D eigenvalue weighted by molar-refractivity contribution is 5.92. The van der Waals surface area contributed by atoms with Crippen molar-refractivity contribution in [1.29, 1.82) is 0 Å². The Labute approximate surface area is 69.0 Å². The molecule has 12 heavy (non-hydrogen) atoms. The third kappa shape index (κ3) is 1.38. The van der Waals surface area contributed by atoms with E-state index in [2.05, 4.69) is 4.89 Å². The van der Waals surface area contributed by atoms with Gasteiger partial charge in [-0.05, 0) is 18.6 Å². The van der Waals surface area contributed by atoms with Crippen molar-refractivity contribution in [3.05, 3.63) is 29.3 Å². The highest BCUT2D eigenvalue weighted by atomic mass is 17.1. The summed E-state index contributed by atoms with van der Waals surface area (Å²) < 4.78 is 0. The van der Waals surface area contributed by atoms with Gasteiger partial charge in [0.2, 0.25) is 0 Å². The van der Waals surface area contributed by atoms with Gasteiger partial charge in [0.15, 0.2) is 0 Å². The van der Waals surface area contributed by atoms with Crippen LogP contribution in [0, 0.1) is 6.92 Å². The summed E-state index contributed by atoms with van der Waals surface area (Å²) in [7, 11) is 0. The van der Waals surface area contributed by atoms with Crippen molar-refractivity contribution in [2.45, 2.75) is 6.92 Å². The van der Waals surface area contributed by atoms with Crippen LogP contribution in [0.3, 0.4) is 0 Å². The zero-order valence-corrected chi connectivity index (χ0v) is 6.44. The Hall–Kier alpha value is -1.55. The molecule has 1 rings (SSSR count). The number of phenols is 1. The summed E-state index contributed by atoms with van der Waals surface area (Å²) in [6.45, 7) is 1.64. The molecule has 0 fully saturated rings. The van der Waals surface area contributed by atoms with Crippen molar-refractivity contribution in [2.75, 3.05) is 0 Å². The minimum absolute atomic E-state index is 0.0440. The van der Waals surface area contributed by atoms with Gasteiger partial charge in [0.1, 0.15) is 11.3 Å². The van der Waals surface area contributed by atoms with E-state index in [1.54, 1.807) is 19.1 Å². The molecule has 0 aliphatic carbocycles. The fourth-order valence-electron chi connectivity index (χ4n) is 0.873. The Kier molecular flexibility index (Phi) is 2.30. The van der Waals surface area contributed by atoms with Crippen LogP contribution in [0.1, 0.15) is 15.9 Å². The lowest BCUT2D eigenvalue weighted by atomic mass is 10.1. The molecule has 0 heterocycles. The molecule has 0 unspecified atom stereocenters. The van der Waals surface area contributed by atoms with Crippen LogP contribution < -0.4 is 0 Å². The molecular formula is C8H8O4. The first kappa shape index (κ1) is 8.55. The van der Waals surface area contributed by atoms with Crippen LogP contribution in [-0.4, -0.2) is 16.3 Å². The SMILES string of the molecule is Cc1cccc(C(=O)OO)c1O. The number of hydrogen-bond donors (Lipinski definition) is 2. The molecule has 0 amide bonds. The third-order valence-electron chi connectivity index (χ3n) is 1.54. The zero-order valence-electron chi connectivity index (χ0n) is 6.44. The molecule has 4 heteroatoms. The number of carbonyl (C=O) groups is 1. The molecule has 0 aliphatic heterocycles. The molecule has 0 aliphatic rings. The van der Waals surface area contributed by atoms with Crippen molar-refractivity contribution >= 4 is 5.97 Å². The Morgan fingerprint density at radius 3 is 2.75 bits per heavy atom. The standard InChI is InChI=1S/C8H8O4/c1-5-3-2-4-6(7(5)9)8(10)12-11/h2-4,9,11H,1H3. The van der Waals surface area contributed by atoms with Gasteiger partial charge in [-0.15, -0.1) is 0 Å². The monoisotopic (exact) mass is 168 g/mol. The largest absolute Gasteiger partial charge is 0.507 e. The summed E-state index contributed by atoms with van der Waals surface area (Å²) >= 11 is 0. The summed E-state index contributed by atoms with van der Waals surface area (Å²) in [5, 5.41) is 17.3. The van der Waals surface area contributed by atoms with Crippen LogP contribution in [0.4, 0.5) is 0 Å². The maximum Gasteiger partial charge on any atom is 0.376 e. The van der Waals surface area contributed by atoms with Crippen LogP contribution in [0.15, 0.2) is 18.2 Å². The normalized spacial score (nSPS) is 9.50. The Balaban J connectivity index is 3.16. The van der Waals surface area contributed by atoms with Crippen molar-refractivity contribution in [3.8, 4) is 5.75 Å². The second kappa shape index (κ2) is 3.23. The quantitative estimate of drug-likeness (QED) is 0.490. The lowest BCUT2D eigenvalue weighted by Crippen LogP contribution is -2.02. The number of hydrogen-bond acceptors (Lipinski definition) is 4. The Bertz CT molecular complexity index is 306. The summed E-state index contributed by atoms with van der Waals surface area (Å²) in [5.41, 5.74) is 0.510. The fraction of sp³-hybridized carbons (Fsp3) is 0.125. The van der Waals surface area contributed by atoms with Crippen molar-refractivity contribution in [2.24, 2.45) is 0 Å². The highest BCUT2D eigenvalue weighted by Crippen LogP contribution is 2.21. The molecule has 0 aromatic heterocycles. The van der Waals surface area contributed by atoms with E-state index in [1.807, 2.05) is 0 Å². The van der Waals surface area contributed by atoms with Gasteiger partial charge in [-0.1, -0.05) is 12.1 Å². The second-order valence-electron chi connectivity index (χ2n) is 2.35. The molecule has 0 atom stereocenters. The first-order chi connectivity index (χ1) is 5.66. The predicted octanol–water partition coefficient (Wildman–Crippen LogP) is 1.33. The number of para-hydroxylation sites is 1. The minimum atomic E-state index is -0.962.